The molecule has 4 rings (SSSR count). The van der Waals surface area contributed by atoms with E-state index >= 15 is 0 Å². The molecule has 0 aliphatic heterocycles. The van der Waals surface area contributed by atoms with E-state index < -0.39 is 35.8 Å². The molecule has 1 saturated carbocycles. The van der Waals surface area contributed by atoms with Crippen LogP contribution in [0.2, 0.25) is 0 Å². The molecule has 0 spiro atoms. The third kappa shape index (κ3) is 4.19. The van der Waals surface area contributed by atoms with Crippen molar-refractivity contribution in [3.63, 3.8) is 0 Å². The molecule has 1 aromatic carbocycles. The van der Waals surface area contributed by atoms with Crippen LogP contribution in [0.3, 0.4) is 0 Å². The van der Waals surface area contributed by atoms with E-state index in [1.54, 1.807) is 12.1 Å². The third-order valence-electron chi connectivity index (χ3n) is 5.07. The van der Waals surface area contributed by atoms with Gasteiger partial charge in [0.05, 0.1) is 5.69 Å². The number of aromatic nitrogens is 3. The highest BCUT2D eigenvalue weighted by molar-refractivity contribution is 5.65. The van der Waals surface area contributed by atoms with E-state index in [0.29, 0.717) is 4.40 Å². The van der Waals surface area contributed by atoms with E-state index in [4.69, 9.17) is 0 Å². The number of nitrogens with one attached hydrogen (secondary N) is 1. The molecule has 4 nitrogen and oxygen atoms in total. The summed E-state index contributed by atoms with van der Waals surface area (Å²) in [5.74, 6) is -0.808. The Kier molecular flexibility index (Phi) is 4.86. The molecule has 1 fully saturated rings. The summed E-state index contributed by atoms with van der Waals surface area (Å²) in [5, 5.41) is 9.40. The lowest BCUT2D eigenvalue weighted by atomic mass is 10.1. The number of nitrogens with zero attached hydrogens (tertiary/aromatic N) is 3. The Hall–Kier alpha value is -2.85. The second-order valence-corrected chi connectivity index (χ2v) is 7.24. The standard InChI is InChI=1S/C19H15F7N4/c20-12-3-1-10(2-4-12)13-7-11(13)9-27-14-5-6-30-15(8-18(21,22)23)28-29-17(30)16(14)19(24,25)26/h1-6,11,13,27H,7-9H2/t11-,13-/m1/s1. The molecule has 1 aliphatic carbocycles. The molecule has 1 N–H and O–H groups in total. The van der Waals surface area contributed by atoms with E-state index in [9.17, 15) is 30.7 Å². The number of fused-ring (bicyclic) bond motifs is 1. The van der Waals surface area contributed by atoms with Crippen molar-refractivity contribution in [1.29, 1.82) is 0 Å². The smallest absolute Gasteiger partial charge is 0.384 e. The molecule has 2 heterocycles. The number of rotatable bonds is 5. The second kappa shape index (κ2) is 7.13. The Morgan fingerprint density at radius 1 is 1.00 bits per heavy atom. The lowest BCUT2D eigenvalue weighted by molar-refractivity contribution is -0.136. The van der Waals surface area contributed by atoms with Crippen molar-refractivity contribution in [2.24, 2.45) is 5.92 Å². The molecule has 0 amide bonds. The summed E-state index contributed by atoms with van der Waals surface area (Å²) in [6.07, 6.45) is -9.12. The number of halogens is 7. The van der Waals surface area contributed by atoms with Gasteiger partial charge < -0.3 is 5.32 Å². The molecule has 0 radical (unpaired) electrons. The first-order valence-corrected chi connectivity index (χ1v) is 9.03. The number of benzene rings is 1. The fourth-order valence-electron chi connectivity index (χ4n) is 3.56. The van der Waals surface area contributed by atoms with Gasteiger partial charge >= 0.3 is 12.4 Å². The van der Waals surface area contributed by atoms with Crippen LogP contribution in [-0.4, -0.2) is 27.3 Å². The van der Waals surface area contributed by atoms with Gasteiger partial charge in [0.25, 0.3) is 0 Å². The van der Waals surface area contributed by atoms with Gasteiger partial charge in [0.1, 0.15) is 23.6 Å². The van der Waals surface area contributed by atoms with Gasteiger partial charge in [-0.05, 0) is 42.0 Å². The van der Waals surface area contributed by atoms with E-state index in [1.807, 2.05) is 0 Å². The maximum atomic E-state index is 13.7. The summed E-state index contributed by atoms with van der Waals surface area (Å²) in [4.78, 5) is 0. The van der Waals surface area contributed by atoms with E-state index in [0.717, 1.165) is 24.2 Å². The van der Waals surface area contributed by atoms with Crippen LogP contribution in [0.25, 0.3) is 5.65 Å². The van der Waals surface area contributed by atoms with Gasteiger partial charge in [0.15, 0.2) is 5.65 Å². The van der Waals surface area contributed by atoms with Crippen LogP contribution in [-0.2, 0) is 12.6 Å². The zero-order chi connectivity index (χ0) is 21.7. The molecule has 11 heteroatoms. The van der Waals surface area contributed by atoms with Crippen molar-refractivity contribution < 1.29 is 30.7 Å². The number of hydrogen-bond acceptors (Lipinski definition) is 3. The lowest BCUT2D eigenvalue weighted by Gasteiger charge is -2.16. The zero-order valence-corrected chi connectivity index (χ0v) is 15.2. The van der Waals surface area contributed by atoms with Crippen LogP contribution in [0.5, 0.6) is 0 Å². The molecule has 0 bridgehead atoms. The third-order valence-corrected chi connectivity index (χ3v) is 5.07. The van der Waals surface area contributed by atoms with Crippen LogP contribution in [0.1, 0.15) is 29.3 Å². The topological polar surface area (TPSA) is 42.2 Å². The van der Waals surface area contributed by atoms with Crippen LogP contribution in [0.4, 0.5) is 36.4 Å². The van der Waals surface area contributed by atoms with Gasteiger partial charge in [-0.2, -0.15) is 26.3 Å². The number of pyridine rings is 1. The van der Waals surface area contributed by atoms with Gasteiger partial charge in [0.2, 0.25) is 0 Å². The van der Waals surface area contributed by atoms with E-state index in [1.165, 1.54) is 12.1 Å². The van der Waals surface area contributed by atoms with Crippen molar-refractivity contribution in [3.05, 3.63) is 59.3 Å². The van der Waals surface area contributed by atoms with Crippen molar-refractivity contribution >= 4 is 11.3 Å². The summed E-state index contributed by atoms with van der Waals surface area (Å²) in [7, 11) is 0. The summed E-state index contributed by atoms with van der Waals surface area (Å²) in [6, 6.07) is 7.03. The summed E-state index contributed by atoms with van der Waals surface area (Å²) < 4.78 is 92.6. The first-order chi connectivity index (χ1) is 14.0. The van der Waals surface area contributed by atoms with Crippen molar-refractivity contribution in [1.82, 2.24) is 14.6 Å². The van der Waals surface area contributed by atoms with Gasteiger partial charge in [0, 0.05) is 12.7 Å². The Balaban J connectivity index is 1.56. The van der Waals surface area contributed by atoms with E-state index in [2.05, 4.69) is 15.5 Å². The van der Waals surface area contributed by atoms with Crippen LogP contribution >= 0.6 is 0 Å². The van der Waals surface area contributed by atoms with Gasteiger partial charge in [-0.3, -0.25) is 4.40 Å². The Morgan fingerprint density at radius 2 is 1.70 bits per heavy atom. The number of alkyl halides is 6. The molecule has 3 aromatic rings. The molecule has 30 heavy (non-hydrogen) atoms. The fraction of sp³-hybridized carbons (Fsp3) is 0.368. The quantitative estimate of drug-likeness (QED) is 0.563. The number of anilines is 1. The van der Waals surface area contributed by atoms with Gasteiger partial charge in [-0.25, -0.2) is 4.39 Å². The first-order valence-electron chi connectivity index (χ1n) is 9.03. The van der Waals surface area contributed by atoms with Gasteiger partial charge in [-0.1, -0.05) is 12.1 Å². The maximum Gasteiger partial charge on any atom is 0.422 e. The SMILES string of the molecule is Fc1ccc([C@H]2C[C@@H]2CNc2ccn3c(CC(F)(F)F)nnc3c2C(F)(F)F)cc1. The zero-order valence-electron chi connectivity index (χ0n) is 15.2. The predicted octanol–water partition coefficient (Wildman–Crippen LogP) is 5.21. The minimum atomic E-state index is -4.84. The molecule has 0 unspecified atom stereocenters. The van der Waals surface area contributed by atoms with Crippen LogP contribution in [0.15, 0.2) is 36.5 Å². The monoisotopic (exact) mass is 432 g/mol. The largest absolute Gasteiger partial charge is 0.422 e. The highest BCUT2D eigenvalue weighted by Crippen LogP contribution is 2.48. The highest BCUT2D eigenvalue weighted by Gasteiger charge is 2.41. The summed E-state index contributed by atoms with van der Waals surface area (Å²) in [5.41, 5.74) is -1.21. The molecular formula is C19H15F7N4. The maximum absolute atomic E-state index is 13.7. The number of hydrogen-bond donors (Lipinski definition) is 1. The Morgan fingerprint density at radius 3 is 2.33 bits per heavy atom. The summed E-state index contributed by atoms with van der Waals surface area (Å²) in [6.45, 7) is 0.227. The Bertz CT molecular complexity index is 1050. The molecule has 2 aromatic heterocycles. The molecule has 1 aliphatic rings. The fourth-order valence-corrected chi connectivity index (χ4v) is 3.56. The normalized spacial score (nSPS) is 19.3. The minimum absolute atomic E-state index is 0.0615. The minimum Gasteiger partial charge on any atom is -0.384 e. The molecule has 2 atom stereocenters. The highest BCUT2D eigenvalue weighted by atomic mass is 19.4. The average Bonchev–Trinajstić information content (AvgIpc) is 3.31. The Labute approximate surface area is 165 Å². The van der Waals surface area contributed by atoms with Crippen molar-refractivity contribution in [2.75, 3.05) is 11.9 Å². The lowest BCUT2D eigenvalue weighted by Crippen LogP contribution is -2.16. The van der Waals surface area contributed by atoms with Crippen molar-refractivity contribution in [3.8, 4) is 0 Å². The van der Waals surface area contributed by atoms with E-state index in [-0.39, 0.29) is 29.9 Å². The molecule has 0 saturated heterocycles. The average molecular weight is 432 g/mol. The summed E-state index contributed by atoms with van der Waals surface area (Å²) >= 11 is 0. The van der Waals surface area contributed by atoms with Gasteiger partial charge in [-0.15, -0.1) is 10.2 Å². The van der Waals surface area contributed by atoms with Crippen molar-refractivity contribution in [2.45, 2.75) is 31.1 Å². The predicted molar refractivity (Wildman–Crippen MR) is 93.5 cm³/mol. The first kappa shape index (κ1) is 20.4. The van der Waals surface area contributed by atoms with Crippen LogP contribution in [0, 0.1) is 11.7 Å². The molecule has 160 valence electrons. The van der Waals surface area contributed by atoms with Crippen LogP contribution < -0.4 is 5.32 Å². The second-order valence-electron chi connectivity index (χ2n) is 7.24. The molecular weight excluding hydrogens is 417 g/mol.